The van der Waals surface area contributed by atoms with Gasteiger partial charge in [-0.3, -0.25) is 14.5 Å². The van der Waals surface area contributed by atoms with Crippen LogP contribution in [0, 0.1) is 0 Å². The van der Waals surface area contributed by atoms with E-state index in [-0.39, 0.29) is 24.2 Å². The second kappa shape index (κ2) is 8.80. The van der Waals surface area contributed by atoms with Gasteiger partial charge in [-0.25, -0.2) is 4.99 Å². The quantitative estimate of drug-likeness (QED) is 0.653. The third kappa shape index (κ3) is 3.82. The zero-order valence-electron chi connectivity index (χ0n) is 15.9. The van der Waals surface area contributed by atoms with Crippen LogP contribution in [-0.2, 0) is 15.1 Å². The lowest BCUT2D eigenvalue weighted by molar-refractivity contribution is -0.130. The molecule has 0 saturated carbocycles. The van der Waals surface area contributed by atoms with E-state index >= 15 is 0 Å². The van der Waals surface area contributed by atoms with Crippen LogP contribution in [0.5, 0.6) is 0 Å². The van der Waals surface area contributed by atoms with Crippen molar-refractivity contribution in [1.29, 1.82) is 0 Å². The lowest BCUT2D eigenvalue weighted by Crippen LogP contribution is -2.44. The Balaban J connectivity index is 1.80. The van der Waals surface area contributed by atoms with E-state index in [4.69, 9.17) is 11.5 Å². The fraction of sp³-hybridized carbons (Fsp3) is 0.318. The highest BCUT2D eigenvalue weighted by Crippen LogP contribution is 2.39. The van der Waals surface area contributed by atoms with E-state index in [1.807, 2.05) is 60.7 Å². The third-order valence-corrected chi connectivity index (χ3v) is 5.06. The van der Waals surface area contributed by atoms with Crippen molar-refractivity contribution in [3.8, 4) is 0 Å². The summed E-state index contributed by atoms with van der Waals surface area (Å²) in [7, 11) is 0. The van der Waals surface area contributed by atoms with E-state index in [0.29, 0.717) is 13.0 Å². The van der Waals surface area contributed by atoms with Crippen molar-refractivity contribution in [3.05, 3.63) is 71.8 Å². The summed E-state index contributed by atoms with van der Waals surface area (Å²) < 4.78 is 0. The third-order valence-electron chi connectivity index (χ3n) is 5.06. The highest BCUT2D eigenvalue weighted by atomic mass is 16.2. The van der Waals surface area contributed by atoms with Crippen LogP contribution in [0.2, 0.25) is 0 Å². The number of benzene rings is 2. The average molecular weight is 378 g/mol. The molecule has 146 valence electrons. The normalized spacial score (nSPS) is 15.5. The van der Waals surface area contributed by atoms with Crippen LogP contribution in [0.25, 0.3) is 0 Å². The van der Waals surface area contributed by atoms with Crippen molar-refractivity contribution in [1.82, 2.24) is 4.90 Å². The van der Waals surface area contributed by atoms with Gasteiger partial charge in [-0.2, -0.15) is 0 Å². The number of rotatable bonds is 9. The van der Waals surface area contributed by atoms with Gasteiger partial charge in [-0.15, -0.1) is 0 Å². The van der Waals surface area contributed by atoms with Crippen LogP contribution in [0.4, 0.5) is 0 Å². The molecule has 2 aromatic carbocycles. The topological polar surface area (TPSA) is 102 Å². The van der Waals surface area contributed by atoms with E-state index in [0.717, 1.165) is 30.4 Å². The highest BCUT2D eigenvalue weighted by molar-refractivity contribution is 6.09. The first-order valence-corrected chi connectivity index (χ1v) is 9.59. The molecule has 0 bridgehead atoms. The van der Waals surface area contributed by atoms with Crippen molar-refractivity contribution >= 4 is 17.6 Å². The maximum atomic E-state index is 13.5. The van der Waals surface area contributed by atoms with Gasteiger partial charge in [0.1, 0.15) is 5.78 Å². The fourth-order valence-corrected chi connectivity index (χ4v) is 3.57. The van der Waals surface area contributed by atoms with Gasteiger partial charge in [0.15, 0.2) is 11.5 Å². The SMILES string of the molecule is NCC(=O)CCCCCN1C(=O)C(c2ccccc2)(c2ccccc2)N=C1N. The van der Waals surface area contributed by atoms with Crippen LogP contribution < -0.4 is 11.5 Å². The largest absolute Gasteiger partial charge is 0.369 e. The van der Waals surface area contributed by atoms with Crippen molar-refractivity contribution in [2.75, 3.05) is 13.1 Å². The molecule has 6 nitrogen and oxygen atoms in total. The first-order valence-electron chi connectivity index (χ1n) is 9.59. The van der Waals surface area contributed by atoms with Gasteiger partial charge in [-0.05, 0) is 24.0 Å². The van der Waals surface area contributed by atoms with Gasteiger partial charge in [-0.1, -0.05) is 67.1 Å². The molecule has 0 spiro atoms. The number of carbonyl (C=O) groups excluding carboxylic acids is 2. The summed E-state index contributed by atoms with van der Waals surface area (Å²) in [4.78, 5) is 31.0. The molecule has 1 amide bonds. The summed E-state index contributed by atoms with van der Waals surface area (Å²) in [5.41, 5.74) is 12.0. The molecule has 6 heteroatoms. The van der Waals surface area contributed by atoms with E-state index < -0.39 is 5.54 Å². The Hall–Kier alpha value is -2.99. The molecule has 3 rings (SSSR count). The molecule has 1 aliphatic heterocycles. The van der Waals surface area contributed by atoms with Crippen molar-refractivity contribution in [3.63, 3.8) is 0 Å². The maximum Gasteiger partial charge on any atom is 0.266 e. The Morgan fingerprint density at radius 3 is 2.04 bits per heavy atom. The monoisotopic (exact) mass is 378 g/mol. The molecule has 0 saturated heterocycles. The van der Waals surface area contributed by atoms with Crippen LogP contribution in [-0.4, -0.2) is 35.6 Å². The number of hydrogen-bond donors (Lipinski definition) is 2. The summed E-state index contributed by atoms with van der Waals surface area (Å²) in [6.07, 6.45) is 2.82. The number of unbranched alkanes of at least 4 members (excludes halogenated alkanes) is 2. The average Bonchev–Trinajstić information content (AvgIpc) is 3.00. The summed E-state index contributed by atoms with van der Waals surface area (Å²) in [5, 5.41) is 0. The minimum atomic E-state index is -1.15. The van der Waals surface area contributed by atoms with Gasteiger partial charge in [0.2, 0.25) is 0 Å². The van der Waals surface area contributed by atoms with Crippen molar-refractivity contribution in [2.45, 2.75) is 31.2 Å². The minimum absolute atomic E-state index is 0.0606. The van der Waals surface area contributed by atoms with Crippen molar-refractivity contribution in [2.24, 2.45) is 16.5 Å². The fourth-order valence-electron chi connectivity index (χ4n) is 3.57. The van der Waals surface area contributed by atoms with Gasteiger partial charge < -0.3 is 11.5 Å². The number of ketones is 1. The Morgan fingerprint density at radius 1 is 0.929 bits per heavy atom. The summed E-state index contributed by atoms with van der Waals surface area (Å²) >= 11 is 0. The Kier molecular flexibility index (Phi) is 6.21. The molecule has 0 radical (unpaired) electrons. The molecule has 0 atom stereocenters. The smallest absolute Gasteiger partial charge is 0.266 e. The predicted molar refractivity (Wildman–Crippen MR) is 110 cm³/mol. The Morgan fingerprint density at radius 2 is 1.50 bits per heavy atom. The number of guanidine groups is 1. The van der Waals surface area contributed by atoms with E-state index in [1.165, 1.54) is 0 Å². The van der Waals surface area contributed by atoms with E-state index in [9.17, 15) is 9.59 Å². The highest BCUT2D eigenvalue weighted by Gasteiger charge is 2.50. The van der Waals surface area contributed by atoms with Gasteiger partial charge in [0.05, 0.1) is 6.54 Å². The number of Topliss-reactive ketones (excluding diaryl/α,β-unsaturated/α-hetero) is 1. The molecule has 0 aromatic heterocycles. The van der Waals surface area contributed by atoms with Crippen LogP contribution in [0.15, 0.2) is 65.7 Å². The molecule has 1 heterocycles. The van der Waals surface area contributed by atoms with Gasteiger partial charge in [0, 0.05) is 13.0 Å². The van der Waals surface area contributed by atoms with Gasteiger partial charge in [0.25, 0.3) is 5.91 Å². The van der Waals surface area contributed by atoms with E-state index in [2.05, 4.69) is 4.99 Å². The number of hydrogen-bond acceptors (Lipinski definition) is 5. The molecule has 0 aliphatic carbocycles. The zero-order valence-corrected chi connectivity index (χ0v) is 15.9. The molecule has 4 N–H and O–H groups in total. The first kappa shape index (κ1) is 19.8. The van der Waals surface area contributed by atoms with E-state index in [1.54, 1.807) is 4.90 Å². The minimum Gasteiger partial charge on any atom is -0.369 e. The lowest BCUT2D eigenvalue weighted by atomic mass is 9.83. The number of aliphatic imine (C=N–C) groups is 1. The number of amides is 1. The second-order valence-corrected chi connectivity index (χ2v) is 6.92. The zero-order chi connectivity index (χ0) is 20.0. The van der Waals surface area contributed by atoms with Crippen molar-refractivity contribution < 1.29 is 9.59 Å². The standard InChI is InChI=1S/C22H26N4O2/c23-16-19(27)14-8-3-9-15-26-20(28)22(25-21(26)24,17-10-4-1-5-11-17)18-12-6-2-7-13-18/h1-2,4-7,10-13H,3,8-9,14-16,23H2,(H2,24,25). The molecular weight excluding hydrogens is 352 g/mol. The summed E-state index contributed by atoms with van der Waals surface area (Å²) in [6.45, 7) is 0.563. The molecule has 2 aromatic rings. The Bertz CT molecular complexity index is 810. The van der Waals surface area contributed by atoms with Crippen LogP contribution in [0.1, 0.15) is 36.8 Å². The molecule has 0 unspecified atom stereocenters. The summed E-state index contributed by atoms with van der Waals surface area (Å²) in [6, 6.07) is 19.0. The Labute approximate surface area is 165 Å². The number of nitrogens with two attached hydrogens (primary N) is 2. The second-order valence-electron chi connectivity index (χ2n) is 6.92. The number of carbonyl (C=O) groups is 2. The summed E-state index contributed by atoms with van der Waals surface area (Å²) in [5.74, 6) is 0.154. The molecule has 0 fully saturated rings. The van der Waals surface area contributed by atoms with Gasteiger partial charge >= 0.3 is 0 Å². The van der Waals surface area contributed by atoms with Crippen LogP contribution in [0.3, 0.4) is 0 Å². The number of nitrogens with zero attached hydrogens (tertiary/aromatic N) is 2. The predicted octanol–water partition coefficient (Wildman–Crippen LogP) is 2.18. The maximum absolute atomic E-state index is 13.5. The molecule has 28 heavy (non-hydrogen) atoms. The lowest BCUT2D eigenvalue weighted by Gasteiger charge is -2.27. The molecule has 1 aliphatic rings. The molecular formula is C22H26N4O2. The first-order chi connectivity index (χ1) is 13.6. The van der Waals surface area contributed by atoms with Crippen LogP contribution >= 0.6 is 0 Å².